The van der Waals surface area contributed by atoms with Gasteiger partial charge in [-0.15, -0.1) is 0 Å². The van der Waals surface area contributed by atoms with Gasteiger partial charge in [-0.05, 0) is 59.1 Å². The smallest absolute Gasteiger partial charge is 0.312 e. The summed E-state index contributed by atoms with van der Waals surface area (Å²) < 4.78 is 11.2. The lowest BCUT2D eigenvalue weighted by atomic mass is 9.76. The quantitative estimate of drug-likeness (QED) is 0.0925. The van der Waals surface area contributed by atoms with Gasteiger partial charge in [0.2, 0.25) is 11.8 Å². The van der Waals surface area contributed by atoms with Crippen LogP contribution in [0.3, 0.4) is 0 Å². The van der Waals surface area contributed by atoms with Crippen molar-refractivity contribution >= 4 is 41.1 Å². The van der Waals surface area contributed by atoms with E-state index < -0.39 is 28.8 Å². The Bertz CT molecular complexity index is 1490. The van der Waals surface area contributed by atoms with E-state index in [1.807, 2.05) is 79.7 Å². The van der Waals surface area contributed by atoms with Crippen LogP contribution >= 0.6 is 0 Å². The molecule has 6 amide bonds. The third-order valence-electron chi connectivity index (χ3n) is 9.11. The number of amides is 6. The first-order valence-corrected chi connectivity index (χ1v) is 19.4. The second-order valence-electron chi connectivity index (χ2n) is 18.0. The first-order chi connectivity index (χ1) is 25.4. The van der Waals surface area contributed by atoms with Crippen molar-refractivity contribution in [2.75, 3.05) is 44.8 Å². The molecule has 5 N–H and O–H groups in total. The fourth-order valence-corrected chi connectivity index (χ4v) is 6.50. The van der Waals surface area contributed by atoms with Crippen molar-refractivity contribution in [1.29, 1.82) is 0 Å². The van der Waals surface area contributed by atoms with E-state index in [1.165, 1.54) is 4.90 Å². The lowest BCUT2D eigenvalue weighted by molar-refractivity contribution is -0.139. The topological polar surface area (TPSA) is 186 Å². The second kappa shape index (κ2) is 20.7. The summed E-state index contributed by atoms with van der Waals surface area (Å²) in [7, 11) is 0. The lowest BCUT2D eigenvalue weighted by Crippen LogP contribution is -2.45. The zero-order chi connectivity index (χ0) is 41.7. The monoisotopic (exact) mass is 769 g/mol. The molecule has 0 radical (unpaired) electrons. The summed E-state index contributed by atoms with van der Waals surface area (Å²) in [5.41, 5.74) is 7.21. The van der Waals surface area contributed by atoms with Gasteiger partial charge in [0.15, 0.2) is 5.78 Å². The maximum Gasteiger partial charge on any atom is 0.312 e. The molecule has 0 bridgehead atoms. The highest BCUT2D eigenvalue weighted by Gasteiger charge is 2.46. The van der Waals surface area contributed by atoms with Crippen molar-refractivity contribution in [2.45, 2.75) is 114 Å². The van der Waals surface area contributed by atoms with Crippen molar-refractivity contribution in [3.63, 3.8) is 0 Å². The third kappa shape index (κ3) is 15.9. The summed E-state index contributed by atoms with van der Waals surface area (Å²) in [6, 6.07) is 6.17. The van der Waals surface area contributed by atoms with Crippen molar-refractivity contribution in [1.82, 2.24) is 15.5 Å². The van der Waals surface area contributed by atoms with E-state index in [-0.39, 0.29) is 93.1 Å². The lowest BCUT2D eigenvalue weighted by Gasteiger charge is -2.25. The maximum atomic E-state index is 13.6. The number of nitrogens with one attached hydrogen (secondary N) is 3. The van der Waals surface area contributed by atoms with Gasteiger partial charge in [0.25, 0.3) is 11.8 Å². The molecular formula is C42H67N5O8. The minimum absolute atomic E-state index is 0.0119. The van der Waals surface area contributed by atoms with Gasteiger partial charge in [-0.2, -0.15) is 0 Å². The molecule has 0 aliphatic carbocycles. The molecule has 1 aliphatic rings. The molecule has 0 aromatic heterocycles. The Morgan fingerprint density at radius 2 is 1.35 bits per heavy atom. The Kier molecular flexibility index (Phi) is 17.7. The first-order valence-electron chi connectivity index (χ1n) is 19.4. The zero-order valence-electron chi connectivity index (χ0n) is 35.1. The minimum Gasteiger partial charge on any atom is -0.379 e. The van der Waals surface area contributed by atoms with Crippen LogP contribution in [0.1, 0.15) is 107 Å². The fraction of sp³-hybridized carbons (Fsp3) is 0.667. The molecule has 2 atom stereocenters. The summed E-state index contributed by atoms with van der Waals surface area (Å²) in [5.74, 6) is -2.43. The van der Waals surface area contributed by atoms with Crippen LogP contribution in [0.15, 0.2) is 35.4 Å². The van der Waals surface area contributed by atoms with Crippen LogP contribution in [0, 0.1) is 28.1 Å². The standard InChI is InChI=1S/C42H67N5O8/c1-27(2)35(31(48)25-29(13-12-19-44-39(43)53)36(50)45-30-16-14-28(15-17-30)26-40(3,4)5)46-32(49)18-21-54-23-24-55-22-20-47-37(51)33(41(6,7)8)34(38(47)52)42(9,10)11/h14-17,27,29,35H,12-13,18-26H2,1-11H3,(H,45,50)(H,46,49)(H3,43,44,53)/t29-,35+/m1/s1. The van der Waals surface area contributed by atoms with E-state index in [9.17, 15) is 28.8 Å². The van der Waals surface area contributed by atoms with E-state index >= 15 is 0 Å². The minimum atomic E-state index is -0.811. The Balaban J connectivity index is 1.86. The number of nitrogens with zero attached hydrogens (tertiary/aromatic N) is 1. The van der Waals surface area contributed by atoms with E-state index in [1.54, 1.807) is 0 Å². The molecule has 1 aromatic carbocycles. The molecule has 0 fully saturated rings. The second-order valence-corrected chi connectivity index (χ2v) is 18.0. The van der Waals surface area contributed by atoms with Gasteiger partial charge in [0.1, 0.15) is 0 Å². The van der Waals surface area contributed by atoms with Gasteiger partial charge in [-0.3, -0.25) is 28.9 Å². The molecule has 13 heteroatoms. The number of ketones is 1. The number of imide groups is 1. The normalized spacial score (nSPS) is 15.0. The summed E-state index contributed by atoms with van der Waals surface area (Å²) in [6.07, 6.45) is 1.56. The van der Waals surface area contributed by atoms with Gasteiger partial charge in [0.05, 0.1) is 39.0 Å². The SMILES string of the molecule is CC(C)[C@H](NC(=O)CCOCCOCCN1C(=O)C(C(C)(C)C)=C(C(C)(C)C)C1=O)C(=O)C[C@@H](CCCNC(N)=O)C(=O)Nc1ccc(CC(C)(C)C)cc1. The van der Waals surface area contributed by atoms with Crippen LogP contribution in [-0.2, 0) is 39.9 Å². The predicted molar refractivity (Wildman–Crippen MR) is 214 cm³/mol. The van der Waals surface area contributed by atoms with Crippen molar-refractivity contribution in [3.8, 4) is 0 Å². The van der Waals surface area contributed by atoms with Crippen LogP contribution in [0.2, 0.25) is 0 Å². The van der Waals surface area contributed by atoms with Crippen LogP contribution in [0.4, 0.5) is 10.5 Å². The highest BCUT2D eigenvalue weighted by Crippen LogP contribution is 2.42. The molecule has 1 aliphatic heterocycles. The predicted octanol–water partition coefficient (Wildman–Crippen LogP) is 5.56. The molecule has 0 saturated carbocycles. The average Bonchev–Trinajstić information content (AvgIpc) is 3.32. The number of hydrogen-bond donors (Lipinski definition) is 4. The number of nitrogens with two attached hydrogens (primary N) is 1. The molecule has 0 saturated heterocycles. The van der Waals surface area contributed by atoms with Gasteiger partial charge < -0.3 is 31.2 Å². The van der Waals surface area contributed by atoms with Gasteiger partial charge in [0, 0.05) is 42.1 Å². The molecule has 2 rings (SSSR count). The number of benzene rings is 1. The Labute approximate surface area is 328 Å². The molecule has 55 heavy (non-hydrogen) atoms. The van der Waals surface area contributed by atoms with Crippen LogP contribution in [-0.4, -0.2) is 85.9 Å². The number of ether oxygens (including phenoxy) is 2. The van der Waals surface area contributed by atoms with Crippen molar-refractivity contribution in [3.05, 3.63) is 41.0 Å². The number of anilines is 1. The van der Waals surface area contributed by atoms with Gasteiger partial charge in [-0.25, -0.2) is 4.79 Å². The molecule has 308 valence electrons. The Morgan fingerprint density at radius 1 is 0.800 bits per heavy atom. The largest absolute Gasteiger partial charge is 0.379 e. The number of Topliss-reactive ketones (excluding diaryl/α,β-unsaturated/α-hetero) is 1. The Hall–Kier alpha value is -4.10. The van der Waals surface area contributed by atoms with Crippen LogP contribution in [0.25, 0.3) is 0 Å². The molecule has 1 aromatic rings. The number of urea groups is 1. The number of hydrogen-bond acceptors (Lipinski definition) is 8. The molecule has 0 unspecified atom stereocenters. The van der Waals surface area contributed by atoms with Crippen LogP contribution < -0.4 is 21.7 Å². The van der Waals surface area contributed by atoms with Crippen LogP contribution in [0.5, 0.6) is 0 Å². The average molecular weight is 770 g/mol. The number of rotatable bonds is 21. The highest BCUT2D eigenvalue weighted by molar-refractivity contribution is 6.20. The molecular weight excluding hydrogens is 702 g/mol. The molecule has 0 spiro atoms. The fourth-order valence-electron chi connectivity index (χ4n) is 6.50. The zero-order valence-corrected chi connectivity index (χ0v) is 35.1. The summed E-state index contributed by atoms with van der Waals surface area (Å²) in [6.45, 7) is 22.8. The molecule has 13 nitrogen and oxygen atoms in total. The van der Waals surface area contributed by atoms with Crippen molar-refractivity contribution < 1.29 is 38.2 Å². The van der Waals surface area contributed by atoms with E-state index in [0.29, 0.717) is 29.7 Å². The van der Waals surface area contributed by atoms with Gasteiger partial charge >= 0.3 is 6.03 Å². The van der Waals surface area contributed by atoms with Gasteiger partial charge in [-0.1, -0.05) is 88.3 Å². The third-order valence-corrected chi connectivity index (χ3v) is 9.11. The highest BCUT2D eigenvalue weighted by atomic mass is 16.5. The number of carbonyl (C=O) groups excluding carboxylic acids is 6. The summed E-state index contributed by atoms with van der Waals surface area (Å²) >= 11 is 0. The first kappa shape index (κ1) is 47.1. The maximum absolute atomic E-state index is 13.6. The molecule has 1 heterocycles. The number of primary amides is 1. The van der Waals surface area contributed by atoms with E-state index in [2.05, 4.69) is 36.7 Å². The summed E-state index contributed by atoms with van der Waals surface area (Å²) in [5, 5.41) is 8.26. The summed E-state index contributed by atoms with van der Waals surface area (Å²) in [4.78, 5) is 78.7. The van der Waals surface area contributed by atoms with E-state index in [4.69, 9.17) is 15.2 Å². The van der Waals surface area contributed by atoms with E-state index in [0.717, 1.165) is 12.0 Å². The number of carbonyl (C=O) groups is 6. The Morgan fingerprint density at radius 3 is 1.84 bits per heavy atom. The van der Waals surface area contributed by atoms with Crippen molar-refractivity contribution in [2.24, 2.45) is 33.8 Å².